The molecule has 7 heteroatoms. The number of nitrogens with zero attached hydrogens (tertiary/aromatic N) is 2. The number of carbonyl (C=O) groups excluding carboxylic acids is 1. The van der Waals surface area contributed by atoms with Crippen LogP contribution in [0, 0.1) is 5.92 Å². The molecule has 0 atom stereocenters. The molecule has 0 bridgehead atoms. The molecule has 0 saturated carbocycles. The van der Waals surface area contributed by atoms with Gasteiger partial charge in [0.25, 0.3) is 0 Å². The molecule has 1 aromatic carbocycles. The van der Waals surface area contributed by atoms with Crippen molar-refractivity contribution < 1.29 is 24.6 Å². The fourth-order valence-electron chi connectivity index (χ4n) is 3.26. The number of carboxylic acid groups (broad SMARTS) is 2. The maximum atomic E-state index is 12.5. The quantitative estimate of drug-likeness (QED) is 0.573. The van der Waals surface area contributed by atoms with Gasteiger partial charge in [0.15, 0.2) is 5.78 Å². The number of carbonyl (C=O) groups is 3. The number of aryl methyl sites for hydroxylation is 1. The van der Waals surface area contributed by atoms with E-state index in [-0.39, 0.29) is 5.92 Å². The number of hydrogen-bond donors (Lipinski definition) is 2. The average molecular weight is 398 g/mol. The third-order valence-electron chi connectivity index (χ3n) is 4.77. The van der Waals surface area contributed by atoms with Crippen molar-refractivity contribution in [2.24, 2.45) is 13.0 Å². The van der Waals surface area contributed by atoms with Gasteiger partial charge in [-0.05, 0) is 43.6 Å². The van der Waals surface area contributed by atoms with E-state index in [2.05, 4.69) is 29.2 Å². The fourth-order valence-corrected chi connectivity index (χ4v) is 3.26. The molecule has 1 fully saturated rings. The Hall–Kier alpha value is -3.19. The number of likely N-dealkylation sites (tertiary alicyclic amines) is 1. The molecule has 0 aliphatic carbocycles. The number of Topliss-reactive ketones (excluding diaryl/α,β-unsaturated/α-hetero) is 1. The van der Waals surface area contributed by atoms with Gasteiger partial charge < -0.3 is 14.8 Å². The first-order valence-electron chi connectivity index (χ1n) is 9.42. The predicted molar refractivity (Wildman–Crippen MR) is 109 cm³/mol. The minimum atomic E-state index is -1.26. The molecule has 1 aliphatic rings. The highest BCUT2D eigenvalue weighted by molar-refractivity contribution is 5.96. The maximum absolute atomic E-state index is 12.5. The summed E-state index contributed by atoms with van der Waals surface area (Å²) in [6.45, 7) is 3.01. The number of hydrogen-bond acceptors (Lipinski definition) is 4. The van der Waals surface area contributed by atoms with Gasteiger partial charge in [0.05, 0.1) is 5.69 Å². The highest BCUT2D eigenvalue weighted by Gasteiger charge is 2.26. The van der Waals surface area contributed by atoms with Crippen molar-refractivity contribution in [3.05, 3.63) is 72.1 Å². The second-order valence-corrected chi connectivity index (χ2v) is 6.91. The van der Waals surface area contributed by atoms with E-state index >= 15 is 0 Å². The van der Waals surface area contributed by atoms with Crippen molar-refractivity contribution in [3.8, 4) is 0 Å². The number of benzene rings is 1. The van der Waals surface area contributed by atoms with Crippen LogP contribution in [0.15, 0.2) is 60.8 Å². The standard InChI is InChI=1S/C18H22N2O.C4H4O4/c1-19-11-5-8-17(19)18(21)16-9-12-20(13-10-16)14-15-6-3-2-4-7-15;5-3(6)1-2-4(7)8/h2-8,11,16H,9-10,12-14H2,1H3;1-2H,(H,5,6)(H,7,8). The molecular weight excluding hydrogens is 372 g/mol. The van der Waals surface area contributed by atoms with Crippen LogP contribution in [0.1, 0.15) is 28.9 Å². The Kier molecular flexibility index (Phi) is 8.36. The van der Waals surface area contributed by atoms with Crippen molar-refractivity contribution in [1.82, 2.24) is 9.47 Å². The molecule has 0 spiro atoms. The Balaban J connectivity index is 0.000000321. The van der Waals surface area contributed by atoms with E-state index in [1.54, 1.807) is 0 Å². The van der Waals surface area contributed by atoms with Crippen LogP contribution in [0.3, 0.4) is 0 Å². The first-order chi connectivity index (χ1) is 13.9. The van der Waals surface area contributed by atoms with Crippen LogP contribution in [0.5, 0.6) is 0 Å². The van der Waals surface area contributed by atoms with Gasteiger partial charge in [-0.25, -0.2) is 9.59 Å². The van der Waals surface area contributed by atoms with Crippen molar-refractivity contribution in [1.29, 1.82) is 0 Å². The molecule has 1 saturated heterocycles. The van der Waals surface area contributed by atoms with Gasteiger partial charge in [-0.1, -0.05) is 30.3 Å². The summed E-state index contributed by atoms with van der Waals surface area (Å²) in [4.78, 5) is 34.1. The summed E-state index contributed by atoms with van der Waals surface area (Å²) in [5, 5.41) is 15.6. The van der Waals surface area contributed by atoms with Crippen molar-refractivity contribution >= 4 is 17.7 Å². The van der Waals surface area contributed by atoms with Crippen LogP contribution in [-0.4, -0.2) is 50.5 Å². The first-order valence-corrected chi connectivity index (χ1v) is 9.42. The van der Waals surface area contributed by atoms with E-state index in [4.69, 9.17) is 10.2 Å². The molecule has 0 amide bonds. The Morgan fingerprint density at radius 3 is 2.03 bits per heavy atom. The summed E-state index contributed by atoms with van der Waals surface area (Å²) in [5.74, 6) is -2.02. The lowest BCUT2D eigenvalue weighted by Crippen LogP contribution is -2.36. The molecule has 29 heavy (non-hydrogen) atoms. The van der Waals surface area contributed by atoms with Gasteiger partial charge in [0, 0.05) is 37.9 Å². The van der Waals surface area contributed by atoms with E-state index in [9.17, 15) is 14.4 Å². The topological polar surface area (TPSA) is 99.8 Å². The van der Waals surface area contributed by atoms with E-state index in [1.807, 2.05) is 36.0 Å². The molecule has 1 aromatic heterocycles. The minimum Gasteiger partial charge on any atom is -0.478 e. The smallest absolute Gasteiger partial charge is 0.328 e. The number of piperidine rings is 1. The lowest BCUT2D eigenvalue weighted by molar-refractivity contribution is -0.134. The highest BCUT2D eigenvalue weighted by atomic mass is 16.4. The molecule has 2 aromatic rings. The molecule has 0 radical (unpaired) electrons. The van der Waals surface area contributed by atoms with Crippen molar-refractivity contribution in [2.75, 3.05) is 13.1 Å². The number of carboxylic acids is 2. The van der Waals surface area contributed by atoms with Gasteiger partial charge in [0.2, 0.25) is 0 Å². The van der Waals surface area contributed by atoms with E-state index in [1.165, 1.54) is 5.56 Å². The molecule has 7 nitrogen and oxygen atoms in total. The number of rotatable bonds is 6. The van der Waals surface area contributed by atoms with Gasteiger partial charge in [-0.3, -0.25) is 9.69 Å². The van der Waals surface area contributed by atoms with Crippen LogP contribution >= 0.6 is 0 Å². The van der Waals surface area contributed by atoms with Crippen LogP contribution in [0.4, 0.5) is 0 Å². The molecular formula is C22H26N2O5. The maximum Gasteiger partial charge on any atom is 0.328 e. The second kappa shape index (κ2) is 11.0. The number of aromatic nitrogens is 1. The van der Waals surface area contributed by atoms with E-state index in [0.29, 0.717) is 17.9 Å². The number of ketones is 1. The third kappa shape index (κ3) is 7.38. The highest BCUT2D eigenvalue weighted by Crippen LogP contribution is 2.23. The molecule has 3 rings (SSSR count). The first kappa shape index (κ1) is 22.1. The monoisotopic (exact) mass is 398 g/mol. The Labute approximate surface area is 169 Å². The van der Waals surface area contributed by atoms with E-state index < -0.39 is 11.9 Å². The number of aliphatic carboxylic acids is 2. The summed E-state index contributed by atoms with van der Waals surface area (Å²) in [6, 6.07) is 14.4. The van der Waals surface area contributed by atoms with Crippen LogP contribution in [-0.2, 0) is 23.2 Å². The summed E-state index contributed by atoms with van der Waals surface area (Å²) >= 11 is 0. The Morgan fingerprint density at radius 2 is 1.55 bits per heavy atom. The van der Waals surface area contributed by atoms with Gasteiger partial charge in [-0.15, -0.1) is 0 Å². The molecule has 0 unspecified atom stereocenters. The van der Waals surface area contributed by atoms with Gasteiger partial charge in [0.1, 0.15) is 0 Å². The van der Waals surface area contributed by atoms with Crippen LogP contribution in [0.2, 0.25) is 0 Å². The van der Waals surface area contributed by atoms with Gasteiger partial charge >= 0.3 is 11.9 Å². The zero-order valence-corrected chi connectivity index (χ0v) is 16.4. The molecule has 154 valence electrons. The summed E-state index contributed by atoms with van der Waals surface area (Å²) in [7, 11) is 1.94. The van der Waals surface area contributed by atoms with Crippen molar-refractivity contribution in [2.45, 2.75) is 19.4 Å². The zero-order chi connectivity index (χ0) is 21.2. The van der Waals surface area contributed by atoms with Gasteiger partial charge in [-0.2, -0.15) is 0 Å². The summed E-state index contributed by atoms with van der Waals surface area (Å²) in [5.41, 5.74) is 2.20. The largest absolute Gasteiger partial charge is 0.478 e. The lowest BCUT2D eigenvalue weighted by atomic mass is 9.90. The SMILES string of the molecule is Cn1cccc1C(=O)C1CCN(Cc2ccccc2)CC1.O=C(O)C=CC(=O)O. The Bertz CT molecular complexity index is 833. The van der Waals surface area contributed by atoms with Crippen LogP contribution < -0.4 is 0 Å². The van der Waals surface area contributed by atoms with Crippen molar-refractivity contribution in [3.63, 3.8) is 0 Å². The summed E-state index contributed by atoms with van der Waals surface area (Å²) < 4.78 is 1.93. The minimum absolute atomic E-state index is 0.186. The average Bonchev–Trinajstić information content (AvgIpc) is 3.14. The third-order valence-corrected chi connectivity index (χ3v) is 4.77. The molecule has 2 N–H and O–H groups in total. The van der Waals surface area contributed by atoms with Crippen LogP contribution in [0.25, 0.3) is 0 Å². The lowest BCUT2D eigenvalue weighted by Gasteiger charge is -2.31. The fraction of sp³-hybridized carbons (Fsp3) is 0.318. The predicted octanol–water partition coefficient (Wildman–Crippen LogP) is 2.83. The second-order valence-electron chi connectivity index (χ2n) is 6.91. The van der Waals surface area contributed by atoms with E-state index in [0.717, 1.165) is 38.2 Å². The zero-order valence-electron chi connectivity index (χ0n) is 16.4. The summed E-state index contributed by atoms with van der Waals surface area (Å²) in [6.07, 6.45) is 5.00. The Morgan fingerprint density at radius 1 is 0.966 bits per heavy atom. The molecule has 1 aliphatic heterocycles. The normalized spacial score (nSPS) is 14.9. The molecule has 2 heterocycles.